The molecule has 32 heavy (non-hydrogen) atoms. The van der Waals surface area contributed by atoms with Gasteiger partial charge in [-0.15, -0.1) is 0 Å². The molecule has 1 aromatic heterocycles. The second-order valence-electron chi connectivity index (χ2n) is 9.25. The zero-order valence-electron chi connectivity index (χ0n) is 18.4. The van der Waals surface area contributed by atoms with Crippen LogP contribution in [0, 0.1) is 18.7 Å². The van der Waals surface area contributed by atoms with Gasteiger partial charge < -0.3 is 9.32 Å². The smallest absolute Gasteiger partial charge is 0.254 e. The van der Waals surface area contributed by atoms with Gasteiger partial charge in [-0.05, 0) is 67.6 Å². The van der Waals surface area contributed by atoms with Crippen LogP contribution in [0.15, 0.2) is 71.3 Å². The SMILES string of the molecule is Cc1cccc(C(=O)N(CC2CN(Cc3ccco3)CC2c2ccc(F)cc2)C2CC2)c1. The first-order valence-corrected chi connectivity index (χ1v) is 11.4. The molecule has 5 rings (SSSR count). The molecule has 0 spiro atoms. The lowest BCUT2D eigenvalue weighted by molar-refractivity contribution is 0.0710. The number of carbonyl (C=O) groups excluding carboxylic acids is 1. The van der Waals surface area contributed by atoms with Crippen molar-refractivity contribution in [2.45, 2.75) is 38.3 Å². The summed E-state index contributed by atoms with van der Waals surface area (Å²) < 4.78 is 19.1. The second-order valence-corrected chi connectivity index (χ2v) is 9.25. The fraction of sp³-hybridized carbons (Fsp3) is 0.370. The highest BCUT2D eigenvalue weighted by molar-refractivity contribution is 5.94. The van der Waals surface area contributed by atoms with E-state index in [4.69, 9.17) is 4.42 Å². The van der Waals surface area contributed by atoms with E-state index in [1.54, 1.807) is 6.26 Å². The third kappa shape index (κ3) is 4.63. The minimum Gasteiger partial charge on any atom is -0.468 e. The Morgan fingerprint density at radius 3 is 2.59 bits per heavy atom. The highest BCUT2D eigenvalue weighted by Gasteiger charge is 2.40. The zero-order chi connectivity index (χ0) is 22.1. The fourth-order valence-electron chi connectivity index (χ4n) is 4.97. The predicted molar refractivity (Wildman–Crippen MR) is 122 cm³/mol. The lowest BCUT2D eigenvalue weighted by atomic mass is 9.88. The summed E-state index contributed by atoms with van der Waals surface area (Å²) in [5, 5.41) is 0. The Kier molecular flexibility index (Phi) is 5.83. The molecule has 2 atom stereocenters. The molecule has 4 nitrogen and oxygen atoms in total. The van der Waals surface area contributed by atoms with Crippen LogP contribution in [0.25, 0.3) is 0 Å². The normalized spacial score (nSPS) is 21.1. The molecule has 1 aliphatic carbocycles. The van der Waals surface area contributed by atoms with E-state index in [-0.39, 0.29) is 23.6 Å². The summed E-state index contributed by atoms with van der Waals surface area (Å²) in [6, 6.07) is 19.0. The summed E-state index contributed by atoms with van der Waals surface area (Å²) in [5.74, 6) is 1.38. The second kappa shape index (κ2) is 8.91. The Bertz CT molecular complexity index is 1060. The first-order valence-electron chi connectivity index (χ1n) is 11.4. The number of likely N-dealkylation sites (tertiary alicyclic amines) is 1. The van der Waals surface area contributed by atoms with Crippen LogP contribution >= 0.6 is 0 Å². The molecule has 0 N–H and O–H groups in total. The largest absolute Gasteiger partial charge is 0.468 e. The topological polar surface area (TPSA) is 36.7 Å². The maximum Gasteiger partial charge on any atom is 0.254 e. The van der Waals surface area contributed by atoms with Crippen molar-refractivity contribution in [2.24, 2.45) is 5.92 Å². The van der Waals surface area contributed by atoms with Crippen molar-refractivity contribution in [3.05, 3.63) is 95.2 Å². The van der Waals surface area contributed by atoms with Crippen molar-refractivity contribution >= 4 is 5.91 Å². The average Bonchev–Trinajstić information content (AvgIpc) is 3.36. The van der Waals surface area contributed by atoms with Gasteiger partial charge in [0, 0.05) is 37.2 Å². The third-order valence-corrected chi connectivity index (χ3v) is 6.72. The molecule has 1 aliphatic heterocycles. The first kappa shape index (κ1) is 21.0. The number of halogens is 1. The van der Waals surface area contributed by atoms with Gasteiger partial charge in [0.15, 0.2) is 0 Å². The summed E-state index contributed by atoms with van der Waals surface area (Å²) in [4.78, 5) is 17.9. The molecule has 2 aliphatic rings. The number of hydrogen-bond donors (Lipinski definition) is 0. The molecule has 3 aromatic rings. The van der Waals surface area contributed by atoms with E-state index >= 15 is 0 Å². The van der Waals surface area contributed by atoms with Crippen LogP contribution in [-0.4, -0.2) is 41.4 Å². The predicted octanol–water partition coefficient (Wildman–Crippen LogP) is 5.25. The number of furan rings is 1. The van der Waals surface area contributed by atoms with E-state index in [9.17, 15) is 9.18 Å². The standard InChI is InChI=1S/C27H29FN2O2/c1-19-4-2-5-21(14-19)27(31)30(24-11-12-24)16-22-15-29(17-25-6-3-13-32-25)18-26(22)20-7-9-23(28)10-8-20/h2-10,13-14,22,24,26H,11-12,15-18H2,1H3. The van der Waals surface area contributed by atoms with Crippen molar-refractivity contribution < 1.29 is 13.6 Å². The van der Waals surface area contributed by atoms with E-state index < -0.39 is 0 Å². The number of amides is 1. The molecule has 0 bridgehead atoms. The highest BCUT2D eigenvalue weighted by Crippen LogP contribution is 2.37. The Morgan fingerprint density at radius 1 is 1.09 bits per heavy atom. The van der Waals surface area contributed by atoms with Gasteiger partial charge in [0.2, 0.25) is 0 Å². The van der Waals surface area contributed by atoms with E-state index in [2.05, 4.69) is 9.80 Å². The summed E-state index contributed by atoms with van der Waals surface area (Å²) in [7, 11) is 0. The molecule has 1 saturated carbocycles. The van der Waals surface area contributed by atoms with Gasteiger partial charge in [0.25, 0.3) is 5.91 Å². The maximum absolute atomic E-state index is 13.6. The van der Waals surface area contributed by atoms with E-state index in [0.29, 0.717) is 12.6 Å². The van der Waals surface area contributed by atoms with E-state index in [1.807, 2.05) is 55.5 Å². The van der Waals surface area contributed by atoms with Crippen LogP contribution in [0.4, 0.5) is 4.39 Å². The molecular formula is C27H29FN2O2. The minimum atomic E-state index is -0.218. The number of nitrogens with zero attached hydrogens (tertiary/aromatic N) is 2. The molecule has 2 unspecified atom stereocenters. The van der Waals surface area contributed by atoms with Crippen molar-refractivity contribution in [1.82, 2.24) is 9.80 Å². The maximum atomic E-state index is 13.6. The first-order chi connectivity index (χ1) is 15.6. The third-order valence-electron chi connectivity index (χ3n) is 6.72. The van der Waals surface area contributed by atoms with Crippen LogP contribution in [0.1, 0.15) is 46.0 Å². The highest BCUT2D eigenvalue weighted by atomic mass is 19.1. The Hall–Kier alpha value is -2.92. The molecule has 0 radical (unpaired) electrons. The van der Waals surface area contributed by atoms with Crippen molar-refractivity contribution in [3.8, 4) is 0 Å². The van der Waals surface area contributed by atoms with Crippen LogP contribution in [-0.2, 0) is 6.54 Å². The van der Waals surface area contributed by atoms with Gasteiger partial charge in [-0.2, -0.15) is 0 Å². The molecule has 2 fully saturated rings. The van der Waals surface area contributed by atoms with Gasteiger partial charge in [0.05, 0.1) is 12.8 Å². The molecule has 1 saturated heterocycles. The monoisotopic (exact) mass is 432 g/mol. The average molecular weight is 433 g/mol. The molecule has 166 valence electrons. The lowest BCUT2D eigenvalue weighted by Gasteiger charge is -2.29. The number of carbonyl (C=O) groups is 1. The van der Waals surface area contributed by atoms with Gasteiger partial charge in [-0.3, -0.25) is 9.69 Å². The van der Waals surface area contributed by atoms with Crippen LogP contribution in [0.3, 0.4) is 0 Å². The van der Waals surface area contributed by atoms with Gasteiger partial charge in [0.1, 0.15) is 11.6 Å². The van der Waals surface area contributed by atoms with Crippen molar-refractivity contribution in [2.75, 3.05) is 19.6 Å². The number of aryl methyl sites for hydroxylation is 1. The summed E-state index contributed by atoms with van der Waals surface area (Å²) >= 11 is 0. The van der Waals surface area contributed by atoms with Crippen LogP contribution in [0.2, 0.25) is 0 Å². The van der Waals surface area contributed by atoms with Crippen LogP contribution < -0.4 is 0 Å². The van der Waals surface area contributed by atoms with Crippen molar-refractivity contribution in [3.63, 3.8) is 0 Å². The van der Waals surface area contributed by atoms with Gasteiger partial charge in [-0.1, -0.05) is 29.8 Å². The quantitative estimate of drug-likeness (QED) is 0.512. The summed E-state index contributed by atoms with van der Waals surface area (Å²) in [6.07, 6.45) is 3.85. The van der Waals surface area contributed by atoms with E-state index in [0.717, 1.165) is 54.9 Å². The number of rotatable bonds is 7. The fourth-order valence-corrected chi connectivity index (χ4v) is 4.97. The van der Waals surface area contributed by atoms with Crippen molar-refractivity contribution in [1.29, 1.82) is 0 Å². The van der Waals surface area contributed by atoms with Crippen LogP contribution in [0.5, 0.6) is 0 Å². The van der Waals surface area contributed by atoms with Gasteiger partial charge in [-0.25, -0.2) is 4.39 Å². The number of hydrogen-bond acceptors (Lipinski definition) is 3. The Morgan fingerprint density at radius 2 is 1.91 bits per heavy atom. The molecular weight excluding hydrogens is 403 g/mol. The minimum absolute atomic E-state index is 0.124. The lowest BCUT2D eigenvalue weighted by Crippen LogP contribution is -2.39. The summed E-state index contributed by atoms with van der Waals surface area (Å²) in [6.45, 7) is 5.23. The molecule has 2 heterocycles. The van der Waals surface area contributed by atoms with Gasteiger partial charge >= 0.3 is 0 Å². The summed E-state index contributed by atoms with van der Waals surface area (Å²) in [5.41, 5.74) is 3.00. The Balaban J connectivity index is 1.38. The molecule has 1 amide bonds. The van der Waals surface area contributed by atoms with E-state index in [1.165, 1.54) is 12.1 Å². The zero-order valence-corrected chi connectivity index (χ0v) is 18.4. The number of benzene rings is 2. The molecule has 2 aromatic carbocycles. The Labute approximate surface area is 188 Å². The molecule has 5 heteroatoms.